The molecule has 1 fully saturated rings. The third-order valence-electron chi connectivity index (χ3n) is 5.54. The minimum Gasteiger partial charge on any atom is -0.381 e. The quantitative estimate of drug-likeness (QED) is 0.688. The summed E-state index contributed by atoms with van der Waals surface area (Å²) in [7, 11) is -2.30. The van der Waals surface area contributed by atoms with Crippen LogP contribution in [0.2, 0.25) is 0 Å². The predicted molar refractivity (Wildman–Crippen MR) is 113 cm³/mol. The highest BCUT2D eigenvalue weighted by Crippen LogP contribution is 2.34. The second kappa shape index (κ2) is 9.68. The van der Waals surface area contributed by atoms with Crippen molar-refractivity contribution >= 4 is 10.0 Å². The van der Waals surface area contributed by atoms with Crippen LogP contribution in [0.3, 0.4) is 0 Å². The van der Waals surface area contributed by atoms with E-state index in [1.54, 1.807) is 24.0 Å². The molecular weight excluding hydrogens is 429 g/mol. The second-order valence-electron chi connectivity index (χ2n) is 7.92. The van der Waals surface area contributed by atoms with Crippen molar-refractivity contribution in [3.8, 4) is 0 Å². The summed E-state index contributed by atoms with van der Waals surface area (Å²) in [5.41, 5.74) is 1.93. The van der Waals surface area contributed by atoms with E-state index in [1.807, 2.05) is 18.2 Å². The van der Waals surface area contributed by atoms with E-state index < -0.39 is 22.2 Å². The molecule has 2 aromatic carbocycles. The molecule has 1 saturated heterocycles. The van der Waals surface area contributed by atoms with E-state index in [2.05, 4.69) is 17.0 Å². The zero-order valence-corrected chi connectivity index (χ0v) is 18.3. The molecule has 1 heterocycles. The molecule has 2 unspecified atom stereocenters. The van der Waals surface area contributed by atoms with Crippen LogP contribution in [0, 0.1) is 0 Å². The first kappa shape index (κ1) is 23.7. The van der Waals surface area contributed by atoms with Crippen molar-refractivity contribution in [1.82, 2.24) is 9.62 Å². The van der Waals surface area contributed by atoms with Gasteiger partial charge in [0.15, 0.2) is 0 Å². The van der Waals surface area contributed by atoms with E-state index in [4.69, 9.17) is 4.74 Å². The van der Waals surface area contributed by atoms with E-state index in [0.717, 1.165) is 25.1 Å². The number of benzene rings is 2. The summed E-state index contributed by atoms with van der Waals surface area (Å²) < 4.78 is 70.1. The molecule has 0 bridgehead atoms. The van der Waals surface area contributed by atoms with Gasteiger partial charge in [0, 0.05) is 32.7 Å². The normalized spacial score (nSPS) is 21.7. The molecule has 1 aliphatic heterocycles. The van der Waals surface area contributed by atoms with Gasteiger partial charge >= 0.3 is 6.18 Å². The average Bonchev–Trinajstić information content (AvgIpc) is 2.72. The number of methoxy groups -OCH3 is 1. The topological polar surface area (TPSA) is 58.6 Å². The molecule has 0 radical (unpaired) electrons. The van der Waals surface area contributed by atoms with Gasteiger partial charge in [-0.15, -0.1) is 0 Å². The SMILES string of the molecule is COC1CCN(Cc2ccc([C@H](NS(C)(=O)=O)C(F)(F)F)cc2)CC1c1ccccc1. The highest BCUT2D eigenvalue weighted by molar-refractivity contribution is 7.88. The standard InChI is InChI=1S/C22H27F3N2O3S/c1-30-20-12-13-27(15-19(20)17-6-4-3-5-7-17)14-16-8-10-18(11-9-16)21(22(23,24)25)26-31(2,28)29/h3-11,19-21,26H,12-15H2,1-2H3/t19?,20?,21-/m0/s1. The smallest absolute Gasteiger partial charge is 0.381 e. The van der Waals surface area contributed by atoms with Gasteiger partial charge in [-0.1, -0.05) is 54.6 Å². The second-order valence-corrected chi connectivity index (χ2v) is 9.70. The molecule has 1 N–H and O–H groups in total. The summed E-state index contributed by atoms with van der Waals surface area (Å²) in [6, 6.07) is 13.8. The van der Waals surface area contributed by atoms with Crippen LogP contribution in [0.15, 0.2) is 54.6 Å². The molecule has 31 heavy (non-hydrogen) atoms. The van der Waals surface area contributed by atoms with Gasteiger partial charge < -0.3 is 4.74 Å². The first-order valence-electron chi connectivity index (χ1n) is 10.00. The maximum absolute atomic E-state index is 13.3. The lowest BCUT2D eigenvalue weighted by Gasteiger charge is -2.38. The molecule has 9 heteroatoms. The van der Waals surface area contributed by atoms with Crippen LogP contribution >= 0.6 is 0 Å². The van der Waals surface area contributed by atoms with E-state index in [0.29, 0.717) is 12.8 Å². The number of sulfonamides is 1. The summed E-state index contributed by atoms with van der Waals surface area (Å²) in [4.78, 5) is 2.26. The number of hydrogen-bond donors (Lipinski definition) is 1. The minimum atomic E-state index is -4.73. The number of likely N-dealkylation sites (tertiary alicyclic amines) is 1. The van der Waals surface area contributed by atoms with Gasteiger partial charge in [0.1, 0.15) is 6.04 Å². The molecule has 3 rings (SSSR count). The van der Waals surface area contributed by atoms with Crippen molar-refractivity contribution in [3.63, 3.8) is 0 Å². The maximum atomic E-state index is 13.3. The summed E-state index contributed by atoms with van der Waals surface area (Å²) in [5.74, 6) is 0.216. The predicted octanol–water partition coefficient (Wildman–Crippen LogP) is 3.84. The van der Waals surface area contributed by atoms with Crippen LogP contribution in [0.1, 0.15) is 35.1 Å². The van der Waals surface area contributed by atoms with Gasteiger partial charge in [-0.3, -0.25) is 4.90 Å². The molecule has 2 aromatic rings. The van der Waals surface area contributed by atoms with Crippen LogP contribution in [0.5, 0.6) is 0 Å². The van der Waals surface area contributed by atoms with Crippen molar-refractivity contribution in [2.75, 3.05) is 26.5 Å². The third kappa shape index (κ3) is 6.52. The number of nitrogens with one attached hydrogen (secondary N) is 1. The Morgan fingerprint density at radius 3 is 2.32 bits per heavy atom. The largest absolute Gasteiger partial charge is 0.408 e. The molecule has 3 atom stereocenters. The van der Waals surface area contributed by atoms with Crippen molar-refractivity contribution in [2.24, 2.45) is 0 Å². The lowest BCUT2D eigenvalue weighted by molar-refractivity contribution is -0.153. The van der Waals surface area contributed by atoms with Gasteiger partial charge in [0.2, 0.25) is 10.0 Å². The van der Waals surface area contributed by atoms with Gasteiger partial charge in [-0.05, 0) is 23.1 Å². The molecule has 0 saturated carbocycles. The van der Waals surface area contributed by atoms with Gasteiger partial charge in [0.25, 0.3) is 0 Å². The van der Waals surface area contributed by atoms with Crippen LogP contribution < -0.4 is 4.72 Å². The fourth-order valence-electron chi connectivity index (χ4n) is 4.06. The van der Waals surface area contributed by atoms with E-state index in [-0.39, 0.29) is 17.6 Å². The Balaban J connectivity index is 1.72. The minimum absolute atomic E-state index is 0.121. The van der Waals surface area contributed by atoms with Gasteiger partial charge in [-0.25, -0.2) is 8.42 Å². The Hall–Kier alpha value is -1.94. The number of hydrogen-bond acceptors (Lipinski definition) is 4. The highest BCUT2D eigenvalue weighted by atomic mass is 32.2. The van der Waals surface area contributed by atoms with Crippen molar-refractivity contribution in [2.45, 2.75) is 37.2 Å². The molecule has 170 valence electrons. The third-order valence-corrected chi connectivity index (χ3v) is 6.21. The summed E-state index contributed by atoms with van der Waals surface area (Å²) in [6.45, 7) is 2.20. The molecule has 0 spiro atoms. The van der Waals surface area contributed by atoms with E-state index >= 15 is 0 Å². The lowest BCUT2D eigenvalue weighted by Crippen LogP contribution is -2.42. The average molecular weight is 457 g/mol. The number of ether oxygens (including phenoxy) is 1. The molecule has 5 nitrogen and oxygen atoms in total. The van der Waals surface area contributed by atoms with Gasteiger partial charge in [-0.2, -0.15) is 17.9 Å². The molecular formula is C22H27F3N2O3S. The zero-order chi connectivity index (χ0) is 22.6. The molecule has 0 aromatic heterocycles. The summed E-state index contributed by atoms with van der Waals surface area (Å²) >= 11 is 0. The number of alkyl halides is 3. The van der Waals surface area contributed by atoms with Crippen LogP contribution in [-0.4, -0.2) is 52.1 Å². The van der Waals surface area contributed by atoms with E-state index in [9.17, 15) is 21.6 Å². The monoisotopic (exact) mass is 456 g/mol. The Bertz CT molecular complexity index is 950. The maximum Gasteiger partial charge on any atom is 0.408 e. The summed E-state index contributed by atoms with van der Waals surface area (Å²) in [5, 5.41) is 0. The van der Waals surface area contributed by atoms with E-state index in [1.165, 1.54) is 17.7 Å². The lowest BCUT2D eigenvalue weighted by atomic mass is 9.87. The Labute approximate surface area is 181 Å². The fraction of sp³-hybridized carbons (Fsp3) is 0.455. The Morgan fingerprint density at radius 2 is 1.77 bits per heavy atom. The fourth-order valence-corrected chi connectivity index (χ4v) is 4.75. The van der Waals surface area contributed by atoms with Gasteiger partial charge in [0.05, 0.1) is 12.4 Å². The van der Waals surface area contributed by atoms with Crippen molar-refractivity contribution < 1.29 is 26.3 Å². The Kier molecular flexibility index (Phi) is 7.41. The first-order valence-corrected chi connectivity index (χ1v) is 11.9. The molecule has 0 aliphatic carbocycles. The number of halogens is 3. The number of rotatable bonds is 7. The molecule has 0 amide bonds. The highest BCUT2D eigenvalue weighted by Gasteiger charge is 2.42. The van der Waals surface area contributed by atoms with Crippen LogP contribution in [-0.2, 0) is 21.3 Å². The Morgan fingerprint density at radius 1 is 1.13 bits per heavy atom. The van der Waals surface area contributed by atoms with Crippen molar-refractivity contribution in [1.29, 1.82) is 0 Å². The number of piperidine rings is 1. The first-order chi connectivity index (χ1) is 14.6. The zero-order valence-electron chi connectivity index (χ0n) is 17.5. The van der Waals surface area contributed by atoms with Crippen LogP contribution in [0.25, 0.3) is 0 Å². The van der Waals surface area contributed by atoms with Crippen molar-refractivity contribution in [3.05, 3.63) is 71.3 Å². The molecule has 1 aliphatic rings. The number of nitrogens with zero attached hydrogens (tertiary/aromatic N) is 1. The van der Waals surface area contributed by atoms with Crippen LogP contribution in [0.4, 0.5) is 13.2 Å². The summed E-state index contributed by atoms with van der Waals surface area (Å²) in [6.07, 6.45) is -3.03.